The van der Waals surface area contributed by atoms with Gasteiger partial charge in [0.15, 0.2) is 0 Å². The van der Waals surface area contributed by atoms with E-state index in [9.17, 15) is 10.2 Å². The molecule has 0 radical (unpaired) electrons. The van der Waals surface area contributed by atoms with E-state index in [1.165, 1.54) is 0 Å². The first-order valence-corrected chi connectivity index (χ1v) is 7.69. The highest BCUT2D eigenvalue weighted by Gasteiger charge is 2.22. The molecular weight excluding hydrogens is 308 g/mol. The zero-order valence-corrected chi connectivity index (χ0v) is 12.9. The lowest BCUT2D eigenvalue weighted by Crippen LogP contribution is -2.18. The fourth-order valence-electron chi connectivity index (χ4n) is 1.92. The Morgan fingerprint density at radius 2 is 0.955 bits per heavy atom. The number of benzene rings is 2. The summed E-state index contributed by atoms with van der Waals surface area (Å²) in [5.74, 6) is 0.547. The third-order valence-electron chi connectivity index (χ3n) is 3.18. The lowest BCUT2D eigenvalue weighted by molar-refractivity contribution is 0.381. The van der Waals surface area contributed by atoms with E-state index in [0.29, 0.717) is 0 Å². The van der Waals surface area contributed by atoms with E-state index in [0.717, 1.165) is 11.1 Å². The maximum Gasteiger partial charge on any atom is 0.394 e. The lowest BCUT2D eigenvalue weighted by atomic mass is 9.78. The average Bonchev–Trinajstić information content (AvgIpc) is 2.38. The summed E-state index contributed by atoms with van der Waals surface area (Å²) in [5.41, 5.74) is 2.10. The van der Waals surface area contributed by atoms with Gasteiger partial charge >= 0.3 is 10.4 Å². The molecule has 0 bridgehead atoms. The van der Waals surface area contributed by atoms with Gasteiger partial charge in [-0.05, 0) is 35.4 Å². The molecule has 22 heavy (non-hydrogen) atoms. The maximum atomic E-state index is 9.30. The second kappa shape index (κ2) is 6.78. The van der Waals surface area contributed by atoms with Crippen molar-refractivity contribution in [1.82, 2.24) is 0 Å². The summed E-state index contributed by atoms with van der Waals surface area (Å²) in [6.45, 7) is 4.23. The van der Waals surface area contributed by atoms with Crippen LogP contribution in [0.2, 0.25) is 0 Å². The van der Waals surface area contributed by atoms with Crippen LogP contribution in [0.25, 0.3) is 0 Å². The lowest BCUT2D eigenvalue weighted by Gasteiger charge is -2.26. The standard InChI is InChI=1S/C15H16O2.H2O4S/c1-15(2,11-3-7-13(16)8-4-11)12-5-9-14(17)10-6-12;1-5(2,3)4/h3-10,16-17H,1-2H3;(H2,1,2,3,4). The molecule has 0 aliphatic rings. The molecule has 0 unspecified atom stereocenters. The normalized spacial score (nSPS) is 11.5. The van der Waals surface area contributed by atoms with Crippen molar-refractivity contribution in [1.29, 1.82) is 0 Å². The van der Waals surface area contributed by atoms with Crippen LogP contribution in [0.4, 0.5) is 0 Å². The summed E-state index contributed by atoms with van der Waals surface area (Å²) in [4.78, 5) is 0. The van der Waals surface area contributed by atoms with E-state index >= 15 is 0 Å². The van der Waals surface area contributed by atoms with Gasteiger partial charge in [0.25, 0.3) is 0 Å². The van der Waals surface area contributed by atoms with Crippen LogP contribution in [0.15, 0.2) is 48.5 Å². The number of hydrogen-bond donors (Lipinski definition) is 4. The van der Waals surface area contributed by atoms with Gasteiger partial charge in [0.2, 0.25) is 0 Å². The number of hydrogen-bond acceptors (Lipinski definition) is 4. The summed E-state index contributed by atoms with van der Waals surface area (Å²) >= 11 is 0. The quantitative estimate of drug-likeness (QED) is 0.631. The molecule has 7 heteroatoms. The smallest absolute Gasteiger partial charge is 0.394 e. The zero-order valence-electron chi connectivity index (χ0n) is 12.1. The number of aromatic hydroxyl groups is 2. The highest BCUT2D eigenvalue weighted by Crippen LogP contribution is 2.32. The Morgan fingerprint density at radius 3 is 1.18 bits per heavy atom. The minimum atomic E-state index is -4.67. The van der Waals surface area contributed by atoms with Crippen molar-refractivity contribution in [2.24, 2.45) is 0 Å². The molecule has 0 aliphatic heterocycles. The minimum Gasteiger partial charge on any atom is -0.508 e. The van der Waals surface area contributed by atoms with Gasteiger partial charge in [-0.15, -0.1) is 0 Å². The molecule has 0 fully saturated rings. The third-order valence-corrected chi connectivity index (χ3v) is 3.18. The SMILES string of the molecule is CC(C)(c1ccc(O)cc1)c1ccc(O)cc1.O=S(=O)(O)O. The highest BCUT2D eigenvalue weighted by atomic mass is 32.3. The van der Waals surface area contributed by atoms with Crippen molar-refractivity contribution < 1.29 is 27.7 Å². The van der Waals surface area contributed by atoms with E-state index in [-0.39, 0.29) is 16.9 Å². The van der Waals surface area contributed by atoms with Crippen LogP contribution in [0.1, 0.15) is 25.0 Å². The van der Waals surface area contributed by atoms with Gasteiger partial charge in [0.05, 0.1) is 0 Å². The maximum absolute atomic E-state index is 9.30. The fourth-order valence-corrected chi connectivity index (χ4v) is 1.92. The molecule has 4 N–H and O–H groups in total. The molecule has 0 aliphatic carbocycles. The second-order valence-electron chi connectivity index (χ2n) is 5.17. The van der Waals surface area contributed by atoms with Crippen LogP contribution in [0.3, 0.4) is 0 Å². The Labute approximate surface area is 129 Å². The second-order valence-corrected chi connectivity index (χ2v) is 6.06. The Kier molecular flexibility index (Phi) is 5.54. The summed E-state index contributed by atoms with van der Waals surface area (Å²) in [5, 5.41) is 18.6. The van der Waals surface area contributed by atoms with Crippen molar-refractivity contribution in [3.8, 4) is 11.5 Å². The predicted molar refractivity (Wildman–Crippen MR) is 82.5 cm³/mol. The van der Waals surface area contributed by atoms with Crippen LogP contribution >= 0.6 is 0 Å². The molecule has 0 heterocycles. The number of phenolic OH excluding ortho intramolecular Hbond substituents is 2. The Hall–Kier alpha value is -2.09. The monoisotopic (exact) mass is 326 g/mol. The van der Waals surface area contributed by atoms with Crippen LogP contribution in [0.5, 0.6) is 11.5 Å². The molecule has 0 amide bonds. The van der Waals surface area contributed by atoms with Crippen LogP contribution in [-0.4, -0.2) is 27.7 Å². The minimum absolute atomic E-state index is 0.151. The molecule has 120 valence electrons. The Bertz CT molecular complexity index is 647. The van der Waals surface area contributed by atoms with Crippen LogP contribution < -0.4 is 0 Å². The molecule has 0 atom stereocenters. The van der Waals surface area contributed by atoms with E-state index in [2.05, 4.69) is 13.8 Å². The average molecular weight is 326 g/mol. The summed E-state index contributed by atoms with van der Waals surface area (Å²) in [6.07, 6.45) is 0. The highest BCUT2D eigenvalue weighted by molar-refractivity contribution is 7.79. The molecule has 0 saturated heterocycles. The van der Waals surface area contributed by atoms with Crippen LogP contribution in [-0.2, 0) is 15.8 Å². The summed E-state index contributed by atoms with van der Waals surface area (Å²) in [6, 6.07) is 14.4. The number of rotatable bonds is 2. The Morgan fingerprint density at radius 1 is 0.727 bits per heavy atom. The zero-order chi connectivity index (χ0) is 17.0. The van der Waals surface area contributed by atoms with Gasteiger partial charge in [-0.1, -0.05) is 38.1 Å². The van der Waals surface area contributed by atoms with Gasteiger partial charge in [0, 0.05) is 5.41 Å². The summed E-state index contributed by atoms with van der Waals surface area (Å²) < 4.78 is 31.6. The molecule has 2 rings (SSSR count). The molecule has 0 saturated carbocycles. The first-order valence-electron chi connectivity index (χ1n) is 6.29. The van der Waals surface area contributed by atoms with Crippen LogP contribution in [0, 0.1) is 0 Å². The molecule has 0 spiro atoms. The van der Waals surface area contributed by atoms with E-state index < -0.39 is 10.4 Å². The predicted octanol–water partition coefficient (Wildman–Crippen LogP) is 2.77. The van der Waals surface area contributed by atoms with Gasteiger partial charge in [-0.3, -0.25) is 9.11 Å². The van der Waals surface area contributed by atoms with E-state index in [1.54, 1.807) is 24.3 Å². The molecule has 2 aromatic rings. The van der Waals surface area contributed by atoms with Gasteiger partial charge in [-0.25, -0.2) is 0 Å². The van der Waals surface area contributed by atoms with Crippen molar-refractivity contribution in [2.75, 3.05) is 0 Å². The van der Waals surface area contributed by atoms with E-state index in [1.807, 2.05) is 24.3 Å². The van der Waals surface area contributed by atoms with Crippen molar-refractivity contribution in [2.45, 2.75) is 19.3 Å². The summed E-state index contributed by atoms with van der Waals surface area (Å²) in [7, 11) is -4.67. The molecule has 0 aromatic heterocycles. The molecule has 2 aromatic carbocycles. The molecule has 6 nitrogen and oxygen atoms in total. The van der Waals surface area contributed by atoms with E-state index in [4.69, 9.17) is 17.5 Å². The van der Waals surface area contributed by atoms with Crippen molar-refractivity contribution in [3.05, 3.63) is 59.7 Å². The Balaban J connectivity index is 0.000000422. The number of phenols is 2. The first-order chi connectivity index (χ1) is 10.00. The largest absolute Gasteiger partial charge is 0.508 e. The van der Waals surface area contributed by atoms with Gasteiger partial charge < -0.3 is 10.2 Å². The fraction of sp³-hybridized carbons (Fsp3) is 0.200. The topological polar surface area (TPSA) is 115 Å². The van der Waals surface area contributed by atoms with Crippen molar-refractivity contribution in [3.63, 3.8) is 0 Å². The van der Waals surface area contributed by atoms with Gasteiger partial charge in [0.1, 0.15) is 11.5 Å². The third kappa shape index (κ3) is 5.72. The van der Waals surface area contributed by atoms with Crippen molar-refractivity contribution >= 4 is 10.4 Å². The molecular formula is C15H18O6S. The first kappa shape index (κ1) is 18.0. The van der Waals surface area contributed by atoms with Gasteiger partial charge in [-0.2, -0.15) is 8.42 Å².